The fourth-order valence-electron chi connectivity index (χ4n) is 3.47. The lowest BCUT2D eigenvalue weighted by atomic mass is 9.96. The van der Waals surface area contributed by atoms with E-state index in [2.05, 4.69) is 10.3 Å². The third kappa shape index (κ3) is 5.53. The molecule has 0 aliphatic rings. The molecule has 0 bridgehead atoms. The van der Waals surface area contributed by atoms with Crippen LogP contribution in [-0.2, 0) is 11.0 Å². The van der Waals surface area contributed by atoms with Crippen LogP contribution in [0.3, 0.4) is 0 Å². The molecule has 34 heavy (non-hydrogen) atoms. The summed E-state index contributed by atoms with van der Waals surface area (Å²) in [5.41, 5.74) is 1.88. The monoisotopic (exact) mass is 478 g/mol. The summed E-state index contributed by atoms with van der Waals surface area (Å²) in [6.07, 6.45) is 3.55. The first-order valence-electron chi connectivity index (χ1n) is 10.3. The summed E-state index contributed by atoms with van der Waals surface area (Å²) >= 11 is 5.98. The fraction of sp³-hybridized carbons (Fsp3) is 0.0370. The molecule has 0 spiro atoms. The van der Waals surface area contributed by atoms with Crippen LogP contribution in [0, 0.1) is 0 Å². The van der Waals surface area contributed by atoms with Gasteiger partial charge in [0.1, 0.15) is 0 Å². The molecule has 0 saturated heterocycles. The van der Waals surface area contributed by atoms with Crippen molar-refractivity contribution in [2.75, 3.05) is 5.32 Å². The number of rotatable bonds is 5. The van der Waals surface area contributed by atoms with E-state index in [0.29, 0.717) is 21.8 Å². The number of alkyl halides is 3. The molecule has 7 heteroatoms. The van der Waals surface area contributed by atoms with Gasteiger partial charge in [-0.05, 0) is 53.1 Å². The molecule has 0 aliphatic carbocycles. The fourth-order valence-corrected chi connectivity index (χ4v) is 3.59. The van der Waals surface area contributed by atoms with Gasteiger partial charge in [-0.1, -0.05) is 60.2 Å². The topological polar surface area (TPSA) is 42.0 Å². The predicted molar refractivity (Wildman–Crippen MR) is 129 cm³/mol. The van der Waals surface area contributed by atoms with Crippen LogP contribution >= 0.6 is 11.6 Å². The predicted octanol–water partition coefficient (Wildman–Crippen LogP) is 7.53. The molecule has 0 radical (unpaired) electrons. The Bertz CT molecular complexity index is 1370. The summed E-state index contributed by atoms with van der Waals surface area (Å²) in [4.78, 5) is 16.6. The van der Waals surface area contributed by atoms with Crippen LogP contribution in [0.25, 0.3) is 16.3 Å². The van der Waals surface area contributed by atoms with Gasteiger partial charge in [0.25, 0.3) is 0 Å². The Morgan fingerprint density at radius 1 is 0.912 bits per heavy atom. The number of halogens is 4. The molecular weight excluding hydrogens is 461 g/mol. The molecule has 1 aromatic heterocycles. The third-order valence-electron chi connectivity index (χ3n) is 5.13. The van der Waals surface area contributed by atoms with Gasteiger partial charge in [-0.2, -0.15) is 13.2 Å². The SMILES string of the molecule is O=C(/C=C/C=C(\c1ccc(Cl)cc1)c1ccc(C(F)(F)F)cc1)Nc1cccc2cnccc12. The first-order valence-corrected chi connectivity index (χ1v) is 10.6. The number of hydrogen-bond donors (Lipinski definition) is 1. The average molecular weight is 479 g/mol. The number of allylic oxidation sites excluding steroid dienone is 2. The van der Waals surface area contributed by atoms with Crippen molar-refractivity contribution in [3.8, 4) is 0 Å². The van der Waals surface area contributed by atoms with Crippen molar-refractivity contribution in [1.29, 1.82) is 0 Å². The molecule has 1 heterocycles. The van der Waals surface area contributed by atoms with Crippen molar-refractivity contribution in [2.45, 2.75) is 6.18 Å². The number of pyridine rings is 1. The lowest BCUT2D eigenvalue weighted by Gasteiger charge is -2.11. The van der Waals surface area contributed by atoms with E-state index < -0.39 is 11.7 Å². The summed E-state index contributed by atoms with van der Waals surface area (Å²) < 4.78 is 38.9. The molecule has 3 nitrogen and oxygen atoms in total. The molecule has 0 atom stereocenters. The molecule has 170 valence electrons. The second-order valence-electron chi connectivity index (χ2n) is 7.41. The molecule has 1 amide bonds. The van der Waals surface area contributed by atoms with E-state index in [9.17, 15) is 18.0 Å². The first kappa shape index (κ1) is 23.3. The molecule has 4 aromatic rings. The first-order chi connectivity index (χ1) is 16.3. The highest BCUT2D eigenvalue weighted by atomic mass is 35.5. The average Bonchev–Trinajstić information content (AvgIpc) is 2.82. The zero-order valence-electron chi connectivity index (χ0n) is 17.7. The summed E-state index contributed by atoms with van der Waals surface area (Å²) in [7, 11) is 0. The van der Waals surface area contributed by atoms with Gasteiger partial charge in [0, 0.05) is 40.0 Å². The quantitative estimate of drug-likeness (QED) is 0.238. The van der Waals surface area contributed by atoms with E-state index in [4.69, 9.17) is 11.6 Å². The van der Waals surface area contributed by atoms with Gasteiger partial charge in [0.05, 0.1) is 5.56 Å². The minimum atomic E-state index is -4.42. The zero-order valence-corrected chi connectivity index (χ0v) is 18.4. The van der Waals surface area contributed by atoms with Crippen LogP contribution in [-0.4, -0.2) is 10.9 Å². The van der Waals surface area contributed by atoms with Crippen LogP contribution in [0.1, 0.15) is 16.7 Å². The van der Waals surface area contributed by atoms with E-state index in [1.54, 1.807) is 54.9 Å². The number of hydrogen-bond acceptors (Lipinski definition) is 2. The minimum absolute atomic E-state index is 0.344. The minimum Gasteiger partial charge on any atom is -0.322 e. The van der Waals surface area contributed by atoms with Crippen molar-refractivity contribution in [3.05, 3.63) is 125 Å². The van der Waals surface area contributed by atoms with E-state index in [0.717, 1.165) is 28.5 Å². The van der Waals surface area contributed by atoms with Crippen molar-refractivity contribution in [3.63, 3.8) is 0 Å². The molecule has 0 aliphatic heterocycles. The number of aromatic nitrogens is 1. The number of carbonyl (C=O) groups is 1. The van der Waals surface area contributed by atoms with Gasteiger partial charge in [-0.15, -0.1) is 0 Å². The Morgan fingerprint density at radius 2 is 1.59 bits per heavy atom. The van der Waals surface area contributed by atoms with E-state index in [1.165, 1.54) is 18.2 Å². The maximum atomic E-state index is 13.0. The van der Waals surface area contributed by atoms with Crippen LogP contribution in [0.4, 0.5) is 18.9 Å². The van der Waals surface area contributed by atoms with Crippen molar-refractivity contribution in [2.24, 2.45) is 0 Å². The summed E-state index contributed by atoms with van der Waals surface area (Å²) in [5, 5.41) is 5.14. The molecule has 1 N–H and O–H groups in total. The van der Waals surface area contributed by atoms with Gasteiger partial charge in [-0.3, -0.25) is 9.78 Å². The van der Waals surface area contributed by atoms with E-state index >= 15 is 0 Å². The molecule has 0 saturated carbocycles. The van der Waals surface area contributed by atoms with Gasteiger partial charge in [0.15, 0.2) is 0 Å². The van der Waals surface area contributed by atoms with Crippen LogP contribution < -0.4 is 5.32 Å². The van der Waals surface area contributed by atoms with Gasteiger partial charge in [0.2, 0.25) is 5.91 Å². The lowest BCUT2D eigenvalue weighted by Crippen LogP contribution is -2.08. The van der Waals surface area contributed by atoms with E-state index in [-0.39, 0.29) is 5.91 Å². The highest BCUT2D eigenvalue weighted by Gasteiger charge is 2.30. The second kappa shape index (κ2) is 9.93. The molecule has 0 fully saturated rings. The van der Waals surface area contributed by atoms with Crippen molar-refractivity contribution in [1.82, 2.24) is 4.98 Å². The van der Waals surface area contributed by atoms with E-state index in [1.807, 2.05) is 18.2 Å². The normalized spacial score (nSPS) is 12.3. The molecule has 3 aromatic carbocycles. The maximum Gasteiger partial charge on any atom is 0.416 e. The molecular formula is C27H18ClF3N2O. The standard InChI is InChI=1S/C27H18ClF3N2O/c28-22-13-9-19(10-14-22)23(18-7-11-21(12-8-18)27(29,30)31)4-2-6-26(34)33-25-5-1-3-20-17-32-16-15-24(20)25/h1-17H,(H,33,34)/b6-2+,23-4-. The Hall–Kier alpha value is -3.90. The number of nitrogens with zero attached hydrogens (tertiary/aromatic N) is 1. The second-order valence-corrected chi connectivity index (χ2v) is 7.85. The number of anilines is 1. The summed E-state index contributed by atoms with van der Waals surface area (Å²) in [6.45, 7) is 0. The maximum absolute atomic E-state index is 13.0. The van der Waals surface area contributed by atoms with Crippen LogP contribution in [0.2, 0.25) is 5.02 Å². The summed E-state index contributed by atoms with van der Waals surface area (Å²) in [6, 6.07) is 19.1. The number of carbonyl (C=O) groups excluding carboxylic acids is 1. The highest BCUT2D eigenvalue weighted by Crippen LogP contribution is 2.32. The number of amides is 1. The van der Waals surface area contributed by atoms with Gasteiger partial charge >= 0.3 is 6.18 Å². The summed E-state index contributed by atoms with van der Waals surface area (Å²) in [5.74, 6) is -0.344. The molecule has 0 unspecified atom stereocenters. The molecule has 4 rings (SSSR count). The Balaban J connectivity index is 1.61. The van der Waals surface area contributed by atoms with Crippen molar-refractivity contribution < 1.29 is 18.0 Å². The smallest absolute Gasteiger partial charge is 0.322 e. The number of nitrogens with one attached hydrogen (secondary N) is 1. The van der Waals surface area contributed by atoms with Gasteiger partial charge in [-0.25, -0.2) is 0 Å². The Morgan fingerprint density at radius 3 is 2.26 bits per heavy atom. The highest BCUT2D eigenvalue weighted by molar-refractivity contribution is 6.30. The largest absolute Gasteiger partial charge is 0.416 e. The Labute approximate surface area is 199 Å². The van der Waals surface area contributed by atoms with Crippen LogP contribution in [0.15, 0.2) is 103 Å². The number of benzene rings is 3. The number of fused-ring (bicyclic) bond motifs is 1. The van der Waals surface area contributed by atoms with Gasteiger partial charge < -0.3 is 5.32 Å². The lowest BCUT2D eigenvalue weighted by molar-refractivity contribution is -0.137. The van der Waals surface area contributed by atoms with Crippen LogP contribution in [0.5, 0.6) is 0 Å². The Kier molecular flexibility index (Phi) is 6.80. The van der Waals surface area contributed by atoms with Crippen molar-refractivity contribution >= 4 is 39.5 Å². The third-order valence-corrected chi connectivity index (χ3v) is 5.38. The zero-order chi connectivity index (χ0) is 24.1.